The van der Waals surface area contributed by atoms with Crippen molar-refractivity contribution in [2.45, 2.75) is 6.04 Å². The van der Waals surface area contributed by atoms with Gasteiger partial charge in [0.1, 0.15) is 11.9 Å². The van der Waals surface area contributed by atoms with Crippen LogP contribution in [0.4, 0.5) is 10.1 Å². The van der Waals surface area contributed by atoms with Gasteiger partial charge in [-0.3, -0.25) is 9.69 Å². The van der Waals surface area contributed by atoms with E-state index in [4.69, 9.17) is 5.73 Å². The van der Waals surface area contributed by atoms with Gasteiger partial charge in [-0.25, -0.2) is 4.39 Å². The number of likely N-dealkylation sites (N-methyl/N-ethyl adjacent to an activating group) is 1. The summed E-state index contributed by atoms with van der Waals surface area (Å²) in [6, 6.07) is 3.88. The minimum atomic E-state index is -0.436. The first kappa shape index (κ1) is 11.0. The van der Waals surface area contributed by atoms with Crippen molar-refractivity contribution < 1.29 is 9.18 Å². The zero-order chi connectivity index (χ0) is 11.7. The number of hydrogen-bond donors (Lipinski definition) is 2. The number of amides is 1. The van der Waals surface area contributed by atoms with E-state index in [-0.39, 0.29) is 11.7 Å². The lowest BCUT2D eigenvalue weighted by Crippen LogP contribution is -2.33. The molecule has 1 aromatic rings. The number of fused-ring (bicyclic) bond motifs is 1. The quantitative estimate of drug-likeness (QED) is 0.793. The third-order valence-electron chi connectivity index (χ3n) is 2.74. The smallest absolute Gasteiger partial charge is 0.246 e. The third-order valence-corrected chi connectivity index (χ3v) is 2.74. The van der Waals surface area contributed by atoms with E-state index in [9.17, 15) is 9.18 Å². The van der Waals surface area contributed by atoms with E-state index >= 15 is 0 Å². The highest BCUT2D eigenvalue weighted by Crippen LogP contribution is 2.34. The van der Waals surface area contributed by atoms with E-state index in [1.807, 2.05) is 4.90 Å². The summed E-state index contributed by atoms with van der Waals surface area (Å²) in [6.45, 7) is 1.05. The van der Waals surface area contributed by atoms with E-state index in [0.29, 0.717) is 24.3 Å². The van der Waals surface area contributed by atoms with Crippen molar-refractivity contribution in [2.75, 3.05) is 25.5 Å². The second-order valence-electron chi connectivity index (χ2n) is 3.89. The highest BCUT2D eigenvalue weighted by Gasteiger charge is 2.33. The molecule has 1 unspecified atom stereocenters. The minimum absolute atomic E-state index is 0.128. The molecule has 1 atom stereocenters. The minimum Gasteiger partial charge on any atom is -0.329 e. The summed E-state index contributed by atoms with van der Waals surface area (Å²) >= 11 is 0. The van der Waals surface area contributed by atoms with Crippen LogP contribution < -0.4 is 11.1 Å². The maximum Gasteiger partial charge on any atom is 0.246 e. The predicted molar refractivity (Wildman–Crippen MR) is 59.5 cm³/mol. The van der Waals surface area contributed by atoms with Gasteiger partial charge in [0.25, 0.3) is 0 Å². The Kier molecular flexibility index (Phi) is 2.89. The number of hydrogen-bond acceptors (Lipinski definition) is 3. The van der Waals surface area contributed by atoms with E-state index in [1.165, 1.54) is 12.1 Å². The maximum atomic E-state index is 13.1. The van der Waals surface area contributed by atoms with Crippen LogP contribution in [-0.2, 0) is 4.79 Å². The van der Waals surface area contributed by atoms with E-state index in [0.717, 1.165) is 0 Å². The van der Waals surface area contributed by atoms with Crippen LogP contribution in [0, 0.1) is 5.82 Å². The first-order valence-electron chi connectivity index (χ1n) is 5.14. The molecule has 3 N–H and O–H groups in total. The third kappa shape index (κ3) is 1.79. The molecule has 86 valence electrons. The second-order valence-corrected chi connectivity index (χ2v) is 3.89. The molecule has 4 nitrogen and oxygen atoms in total. The van der Waals surface area contributed by atoms with Crippen molar-refractivity contribution in [3.05, 3.63) is 29.6 Å². The molecule has 16 heavy (non-hydrogen) atoms. The summed E-state index contributed by atoms with van der Waals surface area (Å²) in [5.41, 5.74) is 6.81. The Morgan fingerprint density at radius 2 is 2.31 bits per heavy atom. The molecule has 1 aliphatic heterocycles. The largest absolute Gasteiger partial charge is 0.329 e. The fourth-order valence-electron chi connectivity index (χ4n) is 1.99. The molecule has 0 radical (unpaired) electrons. The van der Waals surface area contributed by atoms with Crippen molar-refractivity contribution in [2.24, 2.45) is 5.73 Å². The Morgan fingerprint density at radius 3 is 3.00 bits per heavy atom. The molecule has 0 saturated carbocycles. The SMILES string of the molecule is CN(CCN)C1C(=O)Nc2ccc(F)cc21. The Balaban J connectivity index is 2.34. The molecule has 1 aliphatic rings. The fourth-order valence-corrected chi connectivity index (χ4v) is 1.99. The number of carbonyl (C=O) groups excluding carboxylic acids is 1. The average Bonchev–Trinajstić information content (AvgIpc) is 2.53. The Bertz CT molecular complexity index is 422. The van der Waals surface area contributed by atoms with Gasteiger partial charge in [0, 0.05) is 24.3 Å². The summed E-state index contributed by atoms with van der Waals surface area (Å²) in [4.78, 5) is 13.6. The number of rotatable bonds is 3. The fraction of sp³-hybridized carbons (Fsp3) is 0.364. The van der Waals surface area contributed by atoms with Crippen LogP contribution in [0.5, 0.6) is 0 Å². The van der Waals surface area contributed by atoms with Gasteiger partial charge < -0.3 is 11.1 Å². The van der Waals surface area contributed by atoms with Gasteiger partial charge in [-0.1, -0.05) is 0 Å². The van der Waals surface area contributed by atoms with Crippen LogP contribution in [-0.4, -0.2) is 30.9 Å². The average molecular weight is 223 g/mol. The zero-order valence-corrected chi connectivity index (χ0v) is 9.03. The normalized spacial score (nSPS) is 18.8. The highest BCUT2D eigenvalue weighted by molar-refractivity contribution is 6.02. The highest BCUT2D eigenvalue weighted by atomic mass is 19.1. The molecule has 0 fully saturated rings. The van der Waals surface area contributed by atoms with Crippen molar-refractivity contribution in [3.63, 3.8) is 0 Å². The van der Waals surface area contributed by atoms with Crippen LogP contribution >= 0.6 is 0 Å². The summed E-state index contributed by atoms with van der Waals surface area (Å²) in [5, 5.41) is 2.73. The number of nitrogens with one attached hydrogen (secondary N) is 1. The van der Waals surface area contributed by atoms with Crippen molar-refractivity contribution in [3.8, 4) is 0 Å². The molecular weight excluding hydrogens is 209 g/mol. The van der Waals surface area contributed by atoms with Gasteiger partial charge in [0.2, 0.25) is 5.91 Å². The first-order valence-corrected chi connectivity index (χ1v) is 5.14. The predicted octanol–water partition coefficient (Wildman–Crippen LogP) is 0.709. The van der Waals surface area contributed by atoms with Gasteiger partial charge in [0.15, 0.2) is 0 Å². The van der Waals surface area contributed by atoms with Crippen LogP contribution in [0.15, 0.2) is 18.2 Å². The molecule has 5 heteroatoms. The molecule has 0 aliphatic carbocycles. The molecule has 0 spiro atoms. The lowest BCUT2D eigenvalue weighted by atomic mass is 10.1. The van der Waals surface area contributed by atoms with Gasteiger partial charge in [0.05, 0.1) is 0 Å². The first-order chi connectivity index (χ1) is 7.63. The molecule has 1 amide bonds. The molecule has 0 bridgehead atoms. The molecule has 0 saturated heterocycles. The summed E-state index contributed by atoms with van der Waals surface area (Å²) < 4.78 is 13.1. The van der Waals surface area contributed by atoms with Crippen molar-refractivity contribution in [1.82, 2.24) is 4.90 Å². The zero-order valence-electron chi connectivity index (χ0n) is 9.03. The number of halogens is 1. The van der Waals surface area contributed by atoms with Crippen LogP contribution in [0.2, 0.25) is 0 Å². The van der Waals surface area contributed by atoms with Gasteiger partial charge in [-0.05, 0) is 25.2 Å². The molecule has 1 aromatic carbocycles. The molecular formula is C11H14FN3O. The van der Waals surface area contributed by atoms with E-state index < -0.39 is 6.04 Å². The number of anilines is 1. The lowest BCUT2D eigenvalue weighted by molar-refractivity contribution is -0.120. The standard InChI is InChI=1S/C11H14FN3O/c1-15(5-4-13)10-8-6-7(12)2-3-9(8)14-11(10)16/h2-3,6,10H,4-5,13H2,1H3,(H,14,16). The monoisotopic (exact) mass is 223 g/mol. The van der Waals surface area contributed by atoms with Gasteiger partial charge in [-0.2, -0.15) is 0 Å². The topological polar surface area (TPSA) is 58.4 Å². The van der Waals surface area contributed by atoms with Crippen LogP contribution in [0.1, 0.15) is 11.6 Å². The van der Waals surface area contributed by atoms with Crippen molar-refractivity contribution >= 4 is 11.6 Å². The van der Waals surface area contributed by atoms with Gasteiger partial charge in [-0.15, -0.1) is 0 Å². The summed E-state index contributed by atoms with van der Waals surface area (Å²) in [5.74, 6) is -0.460. The van der Waals surface area contributed by atoms with Crippen LogP contribution in [0.3, 0.4) is 0 Å². The van der Waals surface area contributed by atoms with Gasteiger partial charge >= 0.3 is 0 Å². The molecule has 1 heterocycles. The Morgan fingerprint density at radius 1 is 1.56 bits per heavy atom. The lowest BCUT2D eigenvalue weighted by Gasteiger charge is -2.21. The summed E-state index contributed by atoms with van der Waals surface area (Å²) in [6.07, 6.45) is 0. The number of carbonyl (C=O) groups is 1. The number of nitrogens with two attached hydrogens (primary N) is 1. The molecule has 2 rings (SSSR count). The molecule has 0 aromatic heterocycles. The van der Waals surface area contributed by atoms with Crippen LogP contribution in [0.25, 0.3) is 0 Å². The number of nitrogens with zero attached hydrogens (tertiary/aromatic N) is 1. The van der Waals surface area contributed by atoms with Crippen molar-refractivity contribution in [1.29, 1.82) is 0 Å². The Labute approximate surface area is 93.2 Å². The van der Waals surface area contributed by atoms with E-state index in [1.54, 1.807) is 13.1 Å². The summed E-state index contributed by atoms with van der Waals surface area (Å²) in [7, 11) is 1.80. The second kappa shape index (κ2) is 4.19. The maximum absolute atomic E-state index is 13.1. The number of benzene rings is 1. The van der Waals surface area contributed by atoms with E-state index in [2.05, 4.69) is 5.32 Å². The Hall–Kier alpha value is -1.46.